The lowest BCUT2D eigenvalue weighted by Crippen LogP contribution is -2.34. The summed E-state index contributed by atoms with van der Waals surface area (Å²) < 4.78 is 5.83. The van der Waals surface area contributed by atoms with Crippen LogP contribution in [-0.2, 0) is 4.79 Å². The second-order valence-electron chi connectivity index (χ2n) is 4.86. The molecule has 0 heterocycles. The van der Waals surface area contributed by atoms with E-state index in [0.29, 0.717) is 10.2 Å². The molecule has 110 valence electrons. The van der Waals surface area contributed by atoms with Crippen LogP contribution < -0.4 is 4.74 Å². The van der Waals surface area contributed by atoms with Crippen molar-refractivity contribution in [3.63, 3.8) is 0 Å². The van der Waals surface area contributed by atoms with E-state index in [0.717, 1.165) is 0 Å². The third-order valence-corrected chi connectivity index (χ3v) is 3.52. The predicted octanol–water partition coefficient (Wildman–Crippen LogP) is 3.30. The highest BCUT2D eigenvalue weighted by molar-refractivity contribution is 9.10. The first kappa shape index (κ1) is 15.5. The lowest BCUT2D eigenvalue weighted by Gasteiger charge is -2.23. The van der Waals surface area contributed by atoms with Crippen LogP contribution in [0.15, 0.2) is 53.0 Å². The summed E-state index contributed by atoms with van der Waals surface area (Å²) in [6.45, 7) is 1.31. The van der Waals surface area contributed by atoms with Gasteiger partial charge in [0.1, 0.15) is 12.2 Å². The van der Waals surface area contributed by atoms with Gasteiger partial charge < -0.3 is 14.9 Å². The van der Waals surface area contributed by atoms with Crippen molar-refractivity contribution in [3.8, 4) is 5.75 Å². The number of carboxylic acids is 1. The van der Waals surface area contributed by atoms with Gasteiger partial charge in [-0.05, 0) is 38.5 Å². The smallest absolute Gasteiger partial charge is 0.310 e. The summed E-state index contributed by atoms with van der Waals surface area (Å²) in [5.41, 5.74) is 0. The summed E-state index contributed by atoms with van der Waals surface area (Å²) in [6.07, 6.45) is -0.478. The lowest BCUT2D eigenvalue weighted by atomic mass is 10.1. The molecular formula is C16H15BrO4. The molecule has 0 spiro atoms. The van der Waals surface area contributed by atoms with Crippen molar-refractivity contribution < 1.29 is 19.7 Å². The van der Waals surface area contributed by atoms with E-state index in [9.17, 15) is 9.90 Å². The van der Waals surface area contributed by atoms with E-state index in [4.69, 9.17) is 9.84 Å². The summed E-state index contributed by atoms with van der Waals surface area (Å²) in [6, 6.07) is 15.4. The molecule has 1 atom stereocenters. The number of ether oxygens (including phenoxy) is 1. The van der Waals surface area contributed by atoms with Crippen LogP contribution in [0.3, 0.4) is 0 Å². The number of carboxylic acid groups (broad SMARTS) is 1. The van der Waals surface area contributed by atoms with Crippen molar-refractivity contribution in [2.24, 2.45) is 0 Å². The van der Waals surface area contributed by atoms with Crippen molar-refractivity contribution in [3.05, 3.63) is 63.4 Å². The van der Waals surface area contributed by atoms with E-state index in [-0.39, 0.29) is 0 Å². The van der Waals surface area contributed by atoms with Crippen molar-refractivity contribution in [2.45, 2.75) is 19.1 Å². The van der Waals surface area contributed by atoms with Crippen molar-refractivity contribution in [1.29, 1.82) is 0 Å². The standard InChI is InChI=1S/C10H11BrO4.C6H4/c1-10(14,6-9(12)13)15-8-5-3-2-4-7(8)11;1-2-6-4-3-5(1)6/h2-5,14H,6H2,1H3,(H,12,13);1-4H. The highest BCUT2D eigenvalue weighted by atomic mass is 79.9. The summed E-state index contributed by atoms with van der Waals surface area (Å²) in [4.78, 5) is 10.4. The summed E-state index contributed by atoms with van der Waals surface area (Å²) >= 11 is 3.23. The van der Waals surface area contributed by atoms with Crippen LogP contribution in [0.4, 0.5) is 0 Å². The maximum Gasteiger partial charge on any atom is 0.310 e. The Morgan fingerprint density at radius 3 is 2.05 bits per heavy atom. The fourth-order valence-corrected chi connectivity index (χ4v) is 2.11. The fourth-order valence-electron chi connectivity index (χ4n) is 1.74. The highest BCUT2D eigenvalue weighted by Gasteiger charge is 2.26. The van der Waals surface area contributed by atoms with Crippen molar-refractivity contribution >= 4 is 21.9 Å². The van der Waals surface area contributed by atoms with Gasteiger partial charge in [0.25, 0.3) is 0 Å². The van der Waals surface area contributed by atoms with E-state index >= 15 is 0 Å². The molecule has 1 unspecified atom stereocenters. The van der Waals surface area contributed by atoms with Gasteiger partial charge in [-0.1, -0.05) is 36.4 Å². The molecular weight excluding hydrogens is 336 g/mol. The average Bonchev–Trinajstić information content (AvgIpc) is 2.35. The summed E-state index contributed by atoms with van der Waals surface area (Å²) in [5.74, 6) is -2.42. The topological polar surface area (TPSA) is 66.8 Å². The molecule has 0 radical (unpaired) electrons. The molecule has 21 heavy (non-hydrogen) atoms. The minimum atomic E-state index is -1.71. The summed E-state index contributed by atoms with van der Waals surface area (Å²) in [7, 11) is 0. The largest absolute Gasteiger partial charge is 0.481 e. The molecule has 0 saturated heterocycles. The van der Waals surface area contributed by atoms with Gasteiger partial charge in [0.05, 0.1) is 4.47 Å². The Bertz CT molecular complexity index is 690. The third-order valence-electron chi connectivity index (χ3n) is 2.86. The zero-order chi connectivity index (χ0) is 15.5. The number of benzene rings is 2. The first-order valence-corrected chi connectivity index (χ1v) is 7.15. The zero-order valence-electron chi connectivity index (χ0n) is 11.4. The van der Waals surface area contributed by atoms with Crippen molar-refractivity contribution in [2.75, 3.05) is 0 Å². The van der Waals surface area contributed by atoms with Crippen LogP contribution in [0, 0.1) is 10.4 Å². The van der Waals surface area contributed by atoms with Gasteiger partial charge in [-0.25, -0.2) is 0 Å². The minimum Gasteiger partial charge on any atom is -0.481 e. The predicted molar refractivity (Wildman–Crippen MR) is 81.8 cm³/mol. The first-order valence-electron chi connectivity index (χ1n) is 6.35. The van der Waals surface area contributed by atoms with Crippen LogP contribution in [0.1, 0.15) is 13.3 Å². The van der Waals surface area contributed by atoms with Gasteiger partial charge in [0.15, 0.2) is 0 Å². The molecule has 0 amide bonds. The number of hydrogen-bond donors (Lipinski definition) is 2. The molecule has 0 fully saturated rings. The number of para-hydroxylation sites is 1. The minimum absolute atomic E-state index is 0.406. The fraction of sp³-hybridized carbons (Fsp3) is 0.188. The Morgan fingerprint density at radius 1 is 1.14 bits per heavy atom. The number of aliphatic hydroxyl groups is 1. The Labute approximate surface area is 130 Å². The quantitative estimate of drug-likeness (QED) is 0.708. The van der Waals surface area contributed by atoms with E-state index in [2.05, 4.69) is 40.2 Å². The molecule has 1 aromatic rings. The van der Waals surface area contributed by atoms with Gasteiger partial charge in [-0.15, -0.1) is 0 Å². The van der Waals surface area contributed by atoms with E-state index in [1.165, 1.54) is 17.4 Å². The molecule has 1 aromatic carbocycles. The Kier molecular flexibility index (Phi) is 4.65. The summed E-state index contributed by atoms with van der Waals surface area (Å²) in [5, 5.41) is 21.0. The van der Waals surface area contributed by atoms with Gasteiger partial charge in [-0.3, -0.25) is 4.79 Å². The van der Waals surface area contributed by atoms with Crippen LogP contribution in [0.25, 0.3) is 0 Å². The van der Waals surface area contributed by atoms with Gasteiger partial charge in [0.2, 0.25) is 5.79 Å². The second kappa shape index (κ2) is 6.28. The molecule has 3 rings (SSSR count). The molecule has 0 bridgehead atoms. The van der Waals surface area contributed by atoms with Gasteiger partial charge >= 0.3 is 5.97 Å². The number of carbonyl (C=O) groups is 1. The van der Waals surface area contributed by atoms with Crippen LogP contribution in [0.5, 0.6) is 5.75 Å². The van der Waals surface area contributed by atoms with Crippen LogP contribution in [0.2, 0.25) is 0 Å². The molecule has 0 aromatic heterocycles. The second-order valence-corrected chi connectivity index (χ2v) is 5.71. The number of hydrogen-bond acceptors (Lipinski definition) is 3. The highest BCUT2D eigenvalue weighted by Crippen LogP contribution is 2.27. The van der Waals surface area contributed by atoms with Crippen LogP contribution >= 0.6 is 15.9 Å². The van der Waals surface area contributed by atoms with Gasteiger partial charge in [0, 0.05) is 6.92 Å². The molecule has 2 aliphatic carbocycles. The maximum absolute atomic E-state index is 10.4. The Balaban J connectivity index is 0.000000218. The number of rotatable bonds is 4. The molecule has 5 heteroatoms. The maximum atomic E-state index is 10.4. The van der Waals surface area contributed by atoms with E-state index in [1.54, 1.807) is 24.3 Å². The van der Waals surface area contributed by atoms with E-state index < -0.39 is 18.2 Å². The molecule has 2 N–H and O–H groups in total. The zero-order valence-corrected chi connectivity index (χ0v) is 13.0. The first-order chi connectivity index (χ1) is 9.87. The monoisotopic (exact) mass is 350 g/mol. The normalized spacial score (nSPS) is 13.5. The Morgan fingerprint density at radius 2 is 1.67 bits per heavy atom. The molecule has 0 aliphatic heterocycles. The third kappa shape index (κ3) is 4.31. The molecule has 4 nitrogen and oxygen atoms in total. The van der Waals surface area contributed by atoms with Crippen molar-refractivity contribution in [1.82, 2.24) is 0 Å². The average molecular weight is 351 g/mol. The van der Waals surface area contributed by atoms with E-state index in [1.807, 2.05) is 0 Å². The SMILES string of the molecule is CC(O)(CC(=O)O)Oc1ccccc1Br.c1cc2ccc1=2. The van der Waals surface area contributed by atoms with Gasteiger partial charge in [-0.2, -0.15) is 0 Å². The van der Waals surface area contributed by atoms with Crippen LogP contribution in [-0.4, -0.2) is 22.0 Å². The molecule has 2 aliphatic rings. The molecule has 0 saturated carbocycles. The Hall–Kier alpha value is -1.85. The number of aliphatic carboxylic acids is 1. The number of halogens is 1. The lowest BCUT2D eigenvalue weighted by molar-refractivity contribution is -0.162.